The molecular formula is C22H21F3N8O2. The van der Waals surface area contributed by atoms with E-state index < -0.39 is 30.3 Å². The van der Waals surface area contributed by atoms with Crippen molar-refractivity contribution in [2.45, 2.75) is 32.0 Å². The van der Waals surface area contributed by atoms with Gasteiger partial charge in [-0.1, -0.05) is 12.1 Å². The molecule has 0 aliphatic carbocycles. The Labute approximate surface area is 197 Å². The number of carbonyl (C=O) groups excluding carboxylic acids is 2. The SMILES string of the molecule is C[C@@H](CC(=O)c1ccc2c(n1)N(C(=O)Nc1cc(-n3ccnn3)ccn1)[C@H]1CCN2C1)C(F)(F)F. The van der Waals surface area contributed by atoms with Crippen LogP contribution in [-0.4, -0.2) is 62.1 Å². The first kappa shape index (κ1) is 22.7. The van der Waals surface area contributed by atoms with Crippen molar-refractivity contribution in [3.63, 3.8) is 0 Å². The summed E-state index contributed by atoms with van der Waals surface area (Å²) < 4.78 is 40.4. The number of nitrogens with one attached hydrogen (secondary N) is 1. The number of anilines is 3. The Bertz CT molecular complexity index is 1260. The lowest BCUT2D eigenvalue weighted by atomic mass is 10.0. The van der Waals surface area contributed by atoms with Gasteiger partial charge in [-0.3, -0.25) is 15.0 Å². The molecule has 0 spiro atoms. The maximum absolute atomic E-state index is 13.4. The quantitative estimate of drug-likeness (QED) is 0.550. The van der Waals surface area contributed by atoms with Crippen molar-refractivity contribution >= 4 is 29.1 Å². The number of pyridine rings is 2. The molecule has 2 aliphatic rings. The molecule has 3 aromatic heterocycles. The summed E-state index contributed by atoms with van der Waals surface area (Å²) in [6.07, 6.45) is 0.184. The number of rotatable bonds is 5. The van der Waals surface area contributed by atoms with Gasteiger partial charge in [-0.05, 0) is 24.6 Å². The van der Waals surface area contributed by atoms with E-state index in [4.69, 9.17) is 0 Å². The lowest BCUT2D eigenvalue weighted by Gasteiger charge is -2.35. The van der Waals surface area contributed by atoms with E-state index in [-0.39, 0.29) is 23.4 Å². The van der Waals surface area contributed by atoms with Crippen molar-refractivity contribution in [2.24, 2.45) is 5.92 Å². The summed E-state index contributed by atoms with van der Waals surface area (Å²) >= 11 is 0. The molecule has 13 heteroatoms. The number of ketones is 1. The van der Waals surface area contributed by atoms with Crippen LogP contribution in [0.5, 0.6) is 0 Å². The van der Waals surface area contributed by atoms with Crippen LogP contribution in [0.4, 0.5) is 35.3 Å². The van der Waals surface area contributed by atoms with Gasteiger partial charge < -0.3 is 4.90 Å². The topological polar surface area (TPSA) is 109 Å². The fraction of sp³-hybridized carbons (Fsp3) is 0.364. The molecule has 2 atom stereocenters. The molecule has 5 rings (SSSR count). The van der Waals surface area contributed by atoms with E-state index >= 15 is 0 Å². The van der Waals surface area contributed by atoms with E-state index in [1.165, 1.54) is 28.0 Å². The van der Waals surface area contributed by atoms with Crippen LogP contribution < -0.4 is 15.1 Å². The van der Waals surface area contributed by atoms with Gasteiger partial charge in [0.1, 0.15) is 11.5 Å². The summed E-state index contributed by atoms with van der Waals surface area (Å²) in [5.41, 5.74) is 1.19. The third-order valence-corrected chi connectivity index (χ3v) is 6.17. The maximum Gasteiger partial charge on any atom is 0.391 e. The van der Waals surface area contributed by atoms with Crippen molar-refractivity contribution in [3.8, 4) is 5.69 Å². The van der Waals surface area contributed by atoms with Gasteiger partial charge in [-0.25, -0.2) is 19.4 Å². The highest BCUT2D eigenvalue weighted by atomic mass is 19.4. The fourth-order valence-corrected chi connectivity index (χ4v) is 4.27. The number of hydrogen-bond donors (Lipinski definition) is 1. The van der Waals surface area contributed by atoms with Crippen molar-refractivity contribution in [1.82, 2.24) is 25.0 Å². The number of fused-ring (bicyclic) bond motifs is 4. The molecular weight excluding hydrogens is 465 g/mol. The second-order valence-electron chi connectivity index (χ2n) is 8.54. The minimum Gasteiger partial charge on any atom is -0.366 e. The molecule has 5 heterocycles. The molecule has 2 bridgehead atoms. The minimum absolute atomic E-state index is 0.105. The molecule has 0 unspecified atom stereocenters. The summed E-state index contributed by atoms with van der Waals surface area (Å²) in [6, 6.07) is 5.69. The highest BCUT2D eigenvalue weighted by molar-refractivity contribution is 6.05. The number of halogens is 3. The summed E-state index contributed by atoms with van der Waals surface area (Å²) in [7, 11) is 0. The Morgan fingerprint density at radius 3 is 2.80 bits per heavy atom. The highest BCUT2D eigenvalue weighted by Gasteiger charge is 2.41. The largest absolute Gasteiger partial charge is 0.391 e. The average Bonchev–Trinajstić information content (AvgIpc) is 3.50. The maximum atomic E-state index is 13.4. The van der Waals surface area contributed by atoms with Crippen LogP contribution in [0.1, 0.15) is 30.3 Å². The Balaban J connectivity index is 1.42. The molecule has 35 heavy (non-hydrogen) atoms. The molecule has 2 aliphatic heterocycles. The van der Waals surface area contributed by atoms with Gasteiger partial charge in [-0.15, -0.1) is 5.10 Å². The molecule has 1 fully saturated rings. The molecule has 10 nitrogen and oxygen atoms in total. The van der Waals surface area contributed by atoms with Gasteiger partial charge in [0, 0.05) is 31.8 Å². The van der Waals surface area contributed by atoms with E-state index in [0.717, 1.165) is 6.92 Å². The first-order valence-corrected chi connectivity index (χ1v) is 11.0. The first-order chi connectivity index (χ1) is 16.7. The van der Waals surface area contributed by atoms with Crippen LogP contribution in [0.3, 0.4) is 0 Å². The number of carbonyl (C=O) groups is 2. The number of Topliss-reactive ketones (excluding diaryl/α,β-unsaturated/α-hetero) is 1. The van der Waals surface area contributed by atoms with Gasteiger partial charge in [0.15, 0.2) is 11.6 Å². The predicted octanol–water partition coefficient (Wildman–Crippen LogP) is 3.46. The normalized spacial score (nSPS) is 17.8. The van der Waals surface area contributed by atoms with E-state index in [0.29, 0.717) is 30.9 Å². The van der Waals surface area contributed by atoms with Crippen molar-refractivity contribution in [1.29, 1.82) is 0 Å². The number of nitrogens with zero attached hydrogens (tertiary/aromatic N) is 7. The van der Waals surface area contributed by atoms with Crippen LogP contribution >= 0.6 is 0 Å². The lowest BCUT2D eigenvalue weighted by molar-refractivity contribution is -0.168. The second kappa shape index (κ2) is 8.64. The van der Waals surface area contributed by atoms with E-state index in [1.54, 1.807) is 24.4 Å². The zero-order valence-electron chi connectivity index (χ0n) is 18.6. The Kier molecular flexibility index (Phi) is 5.61. The third-order valence-electron chi connectivity index (χ3n) is 6.17. The third kappa shape index (κ3) is 4.40. The summed E-state index contributed by atoms with van der Waals surface area (Å²) in [5, 5.41) is 10.4. The summed E-state index contributed by atoms with van der Waals surface area (Å²) in [4.78, 5) is 38.0. The lowest BCUT2D eigenvalue weighted by Crippen LogP contribution is -2.48. The molecule has 3 aromatic rings. The van der Waals surface area contributed by atoms with Crippen LogP contribution in [0, 0.1) is 5.92 Å². The molecule has 0 aromatic carbocycles. The number of hydrogen-bond acceptors (Lipinski definition) is 7. The standard InChI is InChI=1S/C22H21F3N8O2/c1-13(22(23,24)25)10-18(34)16-2-3-17-20(28-16)33(15-5-8-31(17)12-15)21(35)29-19-11-14(4-6-26-19)32-9-7-27-30-32/h2-4,6-7,9,11,13,15H,5,8,10,12H2,1H3,(H,26,29,35)/t13-,15-/m0/s1. The average molecular weight is 486 g/mol. The van der Waals surface area contributed by atoms with E-state index in [1.807, 2.05) is 4.90 Å². The molecule has 0 saturated carbocycles. The van der Waals surface area contributed by atoms with Gasteiger partial charge in [-0.2, -0.15) is 13.2 Å². The van der Waals surface area contributed by atoms with E-state index in [2.05, 4.69) is 25.6 Å². The fourth-order valence-electron chi connectivity index (χ4n) is 4.27. The zero-order chi connectivity index (χ0) is 24.7. The monoisotopic (exact) mass is 486 g/mol. The smallest absolute Gasteiger partial charge is 0.366 e. The van der Waals surface area contributed by atoms with Crippen LogP contribution in [0.25, 0.3) is 5.69 Å². The molecule has 1 saturated heterocycles. The molecule has 182 valence electrons. The number of amides is 2. The Hall–Kier alpha value is -4.03. The Morgan fingerprint density at radius 2 is 2.06 bits per heavy atom. The molecule has 1 N–H and O–H groups in total. The van der Waals surface area contributed by atoms with Crippen LogP contribution in [0.2, 0.25) is 0 Å². The van der Waals surface area contributed by atoms with Crippen molar-refractivity contribution in [2.75, 3.05) is 28.2 Å². The van der Waals surface area contributed by atoms with Crippen molar-refractivity contribution in [3.05, 3.63) is 48.5 Å². The number of aromatic nitrogens is 5. The summed E-state index contributed by atoms with van der Waals surface area (Å²) in [6.45, 7) is 2.25. The van der Waals surface area contributed by atoms with Gasteiger partial charge >= 0.3 is 12.2 Å². The van der Waals surface area contributed by atoms with E-state index in [9.17, 15) is 22.8 Å². The summed E-state index contributed by atoms with van der Waals surface area (Å²) in [5.74, 6) is -2.01. The van der Waals surface area contributed by atoms with Crippen LogP contribution in [0.15, 0.2) is 42.9 Å². The van der Waals surface area contributed by atoms with Gasteiger partial charge in [0.25, 0.3) is 0 Å². The minimum atomic E-state index is -4.48. The highest BCUT2D eigenvalue weighted by Crippen LogP contribution is 2.39. The number of urea groups is 1. The molecule has 2 amide bonds. The van der Waals surface area contributed by atoms with Gasteiger partial charge in [0.2, 0.25) is 0 Å². The van der Waals surface area contributed by atoms with Crippen LogP contribution in [-0.2, 0) is 0 Å². The van der Waals surface area contributed by atoms with Gasteiger partial charge in [0.05, 0.1) is 35.7 Å². The Morgan fingerprint density at radius 1 is 1.23 bits per heavy atom. The van der Waals surface area contributed by atoms with Crippen molar-refractivity contribution < 1.29 is 22.8 Å². The second-order valence-corrected chi connectivity index (χ2v) is 8.54. The predicted molar refractivity (Wildman–Crippen MR) is 120 cm³/mol. The molecule has 0 radical (unpaired) electrons. The number of alkyl halides is 3. The first-order valence-electron chi connectivity index (χ1n) is 11.0. The zero-order valence-corrected chi connectivity index (χ0v) is 18.6.